The van der Waals surface area contributed by atoms with Gasteiger partial charge in [-0.1, -0.05) is 48.5 Å². The van der Waals surface area contributed by atoms with Gasteiger partial charge in [0.1, 0.15) is 5.69 Å². The zero-order valence-corrected chi connectivity index (χ0v) is 16.6. The molecule has 2 N–H and O–H groups in total. The third kappa shape index (κ3) is 5.16. The number of carbonyl (C=O) groups is 1. The first-order valence-electron chi connectivity index (χ1n) is 9.54. The van der Waals surface area contributed by atoms with Crippen LogP contribution in [0.1, 0.15) is 39.3 Å². The molecule has 5 heteroatoms. The summed E-state index contributed by atoms with van der Waals surface area (Å²) in [6.07, 6.45) is 1.82. The van der Waals surface area contributed by atoms with Gasteiger partial charge in [0.25, 0.3) is 5.91 Å². The van der Waals surface area contributed by atoms with E-state index in [9.17, 15) is 4.79 Å². The topological polar surface area (TPSA) is 66.9 Å². The maximum atomic E-state index is 12.5. The van der Waals surface area contributed by atoms with E-state index in [1.54, 1.807) is 6.07 Å². The standard InChI is InChI=1S/C23H26N4O/c1-16-9-7-10-17(2)21(16)27-23-25-18(3)15-20(26-23)22(28)24-14-8-13-19-11-5-4-6-12-19/h4-7,9-12,15H,8,13-14H2,1-3H3,(H,24,28)(H,25,26,27). The molecule has 1 heterocycles. The summed E-state index contributed by atoms with van der Waals surface area (Å²) in [6.45, 7) is 6.54. The largest absolute Gasteiger partial charge is 0.351 e. The Morgan fingerprint density at radius 1 is 0.929 bits per heavy atom. The van der Waals surface area contributed by atoms with Crippen molar-refractivity contribution >= 4 is 17.5 Å². The summed E-state index contributed by atoms with van der Waals surface area (Å²) < 4.78 is 0. The average molecular weight is 374 g/mol. The van der Waals surface area contributed by atoms with Crippen molar-refractivity contribution in [3.63, 3.8) is 0 Å². The van der Waals surface area contributed by atoms with Gasteiger partial charge in [0.2, 0.25) is 5.95 Å². The van der Waals surface area contributed by atoms with Gasteiger partial charge in [-0.25, -0.2) is 9.97 Å². The number of benzene rings is 2. The molecule has 2 aromatic carbocycles. The molecule has 3 aromatic rings. The van der Waals surface area contributed by atoms with Crippen molar-refractivity contribution in [2.45, 2.75) is 33.6 Å². The predicted molar refractivity (Wildman–Crippen MR) is 113 cm³/mol. The zero-order valence-electron chi connectivity index (χ0n) is 16.6. The van der Waals surface area contributed by atoms with Crippen LogP contribution >= 0.6 is 0 Å². The molecule has 1 aromatic heterocycles. The molecule has 0 saturated carbocycles. The number of hydrogen-bond donors (Lipinski definition) is 2. The molecule has 0 saturated heterocycles. The Morgan fingerprint density at radius 3 is 2.36 bits per heavy atom. The van der Waals surface area contributed by atoms with E-state index in [1.807, 2.05) is 57.2 Å². The van der Waals surface area contributed by atoms with Crippen LogP contribution in [0.3, 0.4) is 0 Å². The minimum atomic E-state index is -0.178. The van der Waals surface area contributed by atoms with Gasteiger partial charge in [0.15, 0.2) is 0 Å². The number of nitrogens with one attached hydrogen (secondary N) is 2. The van der Waals surface area contributed by atoms with E-state index < -0.39 is 0 Å². The van der Waals surface area contributed by atoms with Gasteiger partial charge in [-0.15, -0.1) is 0 Å². The van der Waals surface area contributed by atoms with Crippen LogP contribution in [0, 0.1) is 20.8 Å². The second kappa shape index (κ2) is 9.13. The summed E-state index contributed by atoms with van der Waals surface area (Å²) >= 11 is 0. The summed E-state index contributed by atoms with van der Waals surface area (Å²) in [7, 11) is 0. The predicted octanol–water partition coefficient (Wildman–Crippen LogP) is 4.51. The monoisotopic (exact) mass is 374 g/mol. The fourth-order valence-corrected chi connectivity index (χ4v) is 3.09. The second-order valence-electron chi connectivity index (χ2n) is 6.96. The number of anilines is 2. The van der Waals surface area contributed by atoms with Gasteiger partial charge in [0.05, 0.1) is 0 Å². The molecule has 0 atom stereocenters. The number of carbonyl (C=O) groups excluding carboxylic acids is 1. The fourth-order valence-electron chi connectivity index (χ4n) is 3.09. The van der Waals surface area contributed by atoms with E-state index in [1.165, 1.54) is 5.56 Å². The Kier molecular flexibility index (Phi) is 6.37. The Balaban J connectivity index is 1.63. The van der Waals surface area contributed by atoms with Crippen molar-refractivity contribution in [2.75, 3.05) is 11.9 Å². The minimum absolute atomic E-state index is 0.178. The lowest BCUT2D eigenvalue weighted by Crippen LogP contribution is -2.26. The summed E-state index contributed by atoms with van der Waals surface area (Å²) in [6, 6.07) is 18.1. The van der Waals surface area contributed by atoms with Crippen LogP contribution in [0.5, 0.6) is 0 Å². The van der Waals surface area contributed by atoms with Crippen molar-refractivity contribution < 1.29 is 4.79 Å². The number of amides is 1. The minimum Gasteiger partial charge on any atom is -0.351 e. The molecule has 3 rings (SSSR count). The van der Waals surface area contributed by atoms with E-state index in [0.29, 0.717) is 18.2 Å². The fraction of sp³-hybridized carbons (Fsp3) is 0.261. The molecular weight excluding hydrogens is 348 g/mol. The molecule has 0 spiro atoms. The third-order valence-corrected chi connectivity index (χ3v) is 4.58. The normalized spacial score (nSPS) is 10.5. The van der Waals surface area contributed by atoms with Crippen LogP contribution in [0.25, 0.3) is 0 Å². The molecule has 0 fully saturated rings. The van der Waals surface area contributed by atoms with E-state index in [2.05, 4.69) is 32.7 Å². The van der Waals surface area contributed by atoms with Crippen LogP contribution in [-0.4, -0.2) is 22.4 Å². The number of para-hydroxylation sites is 1. The number of aryl methyl sites for hydroxylation is 4. The number of rotatable bonds is 7. The van der Waals surface area contributed by atoms with Crippen molar-refractivity contribution in [1.29, 1.82) is 0 Å². The quantitative estimate of drug-likeness (QED) is 0.597. The molecule has 0 aliphatic rings. The first-order valence-corrected chi connectivity index (χ1v) is 9.54. The maximum Gasteiger partial charge on any atom is 0.270 e. The Morgan fingerprint density at radius 2 is 1.64 bits per heavy atom. The lowest BCUT2D eigenvalue weighted by atomic mass is 10.1. The number of hydrogen-bond acceptors (Lipinski definition) is 4. The lowest BCUT2D eigenvalue weighted by Gasteiger charge is -2.12. The van der Waals surface area contributed by atoms with Crippen LogP contribution in [-0.2, 0) is 6.42 Å². The van der Waals surface area contributed by atoms with Crippen LogP contribution < -0.4 is 10.6 Å². The maximum absolute atomic E-state index is 12.5. The van der Waals surface area contributed by atoms with E-state index >= 15 is 0 Å². The smallest absolute Gasteiger partial charge is 0.270 e. The molecule has 0 bridgehead atoms. The first-order chi connectivity index (χ1) is 13.5. The van der Waals surface area contributed by atoms with E-state index in [4.69, 9.17) is 0 Å². The van der Waals surface area contributed by atoms with Crippen molar-refractivity contribution in [2.24, 2.45) is 0 Å². The summed E-state index contributed by atoms with van der Waals surface area (Å²) in [5.74, 6) is 0.259. The molecule has 0 radical (unpaired) electrons. The van der Waals surface area contributed by atoms with Crippen LogP contribution in [0.4, 0.5) is 11.6 Å². The molecule has 144 valence electrons. The summed E-state index contributed by atoms with van der Waals surface area (Å²) in [4.78, 5) is 21.4. The molecule has 0 aliphatic heterocycles. The van der Waals surface area contributed by atoms with Crippen molar-refractivity contribution in [3.8, 4) is 0 Å². The van der Waals surface area contributed by atoms with Crippen LogP contribution in [0.2, 0.25) is 0 Å². The van der Waals surface area contributed by atoms with Gasteiger partial charge >= 0.3 is 0 Å². The lowest BCUT2D eigenvalue weighted by molar-refractivity contribution is 0.0948. The molecule has 5 nitrogen and oxygen atoms in total. The molecule has 28 heavy (non-hydrogen) atoms. The highest BCUT2D eigenvalue weighted by atomic mass is 16.1. The Hall–Kier alpha value is -3.21. The second-order valence-corrected chi connectivity index (χ2v) is 6.96. The van der Waals surface area contributed by atoms with Gasteiger partial charge < -0.3 is 10.6 Å². The first kappa shape index (κ1) is 19.5. The third-order valence-electron chi connectivity index (χ3n) is 4.58. The van der Waals surface area contributed by atoms with E-state index in [0.717, 1.165) is 35.3 Å². The van der Waals surface area contributed by atoms with Gasteiger partial charge in [0, 0.05) is 17.9 Å². The average Bonchev–Trinajstić information content (AvgIpc) is 2.68. The number of aromatic nitrogens is 2. The van der Waals surface area contributed by atoms with Crippen molar-refractivity contribution in [3.05, 3.63) is 82.7 Å². The molecule has 0 unspecified atom stereocenters. The van der Waals surface area contributed by atoms with E-state index in [-0.39, 0.29) is 5.91 Å². The van der Waals surface area contributed by atoms with Crippen LogP contribution in [0.15, 0.2) is 54.6 Å². The summed E-state index contributed by atoms with van der Waals surface area (Å²) in [5.41, 5.74) is 5.59. The molecular formula is C23H26N4O. The SMILES string of the molecule is Cc1cc(C(=O)NCCCc2ccccc2)nc(Nc2c(C)cccc2C)n1. The highest BCUT2D eigenvalue weighted by Gasteiger charge is 2.12. The Labute approximate surface area is 166 Å². The highest BCUT2D eigenvalue weighted by molar-refractivity contribution is 5.92. The van der Waals surface area contributed by atoms with Gasteiger partial charge in [-0.05, 0) is 56.4 Å². The van der Waals surface area contributed by atoms with Gasteiger partial charge in [-0.2, -0.15) is 0 Å². The summed E-state index contributed by atoms with van der Waals surface area (Å²) in [5, 5.41) is 6.22. The molecule has 0 aliphatic carbocycles. The number of nitrogens with zero attached hydrogens (tertiary/aromatic N) is 2. The highest BCUT2D eigenvalue weighted by Crippen LogP contribution is 2.22. The Bertz CT molecular complexity index is 934. The van der Waals surface area contributed by atoms with Crippen molar-refractivity contribution in [1.82, 2.24) is 15.3 Å². The van der Waals surface area contributed by atoms with Gasteiger partial charge in [-0.3, -0.25) is 4.79 Å². The zero-order chi connectivity index (χ0) is 19.9. The molecule has 1 amide bonds.